The minimum Gasteiger partial charge on any atom is -0.378 e. The highest BCUT2D eigenvalue weighted by molar-refractivity contribution is 5.88. The number of likely N-dealkylation sites (N-methyl/N-ethyl adjacent to an activating group) is 1. The van der Waals surface area contributed by atoms with E-state index in [9.17, 15) is 9.90 Å². The summed E-state index contributed by atoms with van der Waals surface area (Å²) in [5.41, 5.74) is 7.96. The van der Waals surface area contributed by atoms with E-state index in [1.165, 1.54) is 6.08 Å². The average molecular weight is 570 g/mol. The number of amides is 1. The second kappa shape index (κ2) is 17.9. The number of rotatable bonds is 16. The minimum atomic E-state index is -0.977. The molecule has 0 bridgehead atoms. The summed E-state index contributed by atoms with van der Waals surface area (Å²) in [6.07, 6.45) is 20.7. The van der Waals surface area contributed by atoms with Crippen LogP contribution in [0.25, 0.3) is 0 Å². The maximum Gasteiger partial charge on any atom is 0.244 e. The number of anilines is 1. The molecule has 0 fully saturated rings. The SMILES string of the molecule is C=CCONC(C1=CCC(NC(=O)/C=C/C=C(\C=C)N(C)C)C=C1)=C(C=C)C=CC=NC(O)c1ccc(N(C)C)cc1. The van der Waals surface area contributed by atoms with E-state index in [2.05, 4.69) is 35.5 Å². The number of hydrogen-bond donors (Lipinski definition) is 3. The van der Waals surface area contributed by atoms with E-state index in [0.29, 0.717) is 24.3 Å². The first-order valence-electron chi connectivity index (χ1n) is 13.6. The number of carbonyl (C=O) groups is 1. The monoisotopic (exact) mass is 569 g/mol. The molecule has 0 spiro atoms. The van der Waals surface area contributed by atoms with Crippen molar-refractivity contribution in [2.75, 3.05) is 39.7 Å². The minimum absolute atomic E-state index is 0.152. The lowest BCUT2D eigenvalue weighted by atomic mass is 9.98. The summed E-state index contributed by atoms with van der Waals surface area (Å²) >= 11 is 0. The van der Waals surface area contributed by atoms with Crippen LogP contribution < -0.4 is 15.7 Å². The molecule has 2 atom stereocenters. The third kappa shape index (κ3) is 11.1. The molecule has 1 aliphatic rings. The molecule has 3 N–H and O–H groups in total. The van der Waals surface area contributed by atoms with Crippen molar-refractivity contribution >= 4 is 17.8 Å². The zero-order valence-electron chi connectivity index (χ0n) is 25.0. The molecule has 0 saturated carbocycles. The summed E-state index contributed by atoms with van der Waals surface area (Å²) in [4.78, 5) is 26.1. The van der Waals surface area contributed by atoms with E-state index in [-0.39, 0.29) is 11.9 Å². The highest BCUT2D eigenvalue weighted by Crippen LogP contribution is 2.22. The van der Waals surface area contributed by atoms with Crippen LogP contribution >= 0.6 is 0 Å². The molecule has 0 radical (unpaired) electrons. The summed E-state index contributed by atoms with van der Waals surface area (Å²) in [5, 5.41) is 13.4. The molecular weight excluding hydrogens is 526 g/mol. The van der Waals surface area contributed by atoms with Crippen LogP contribution in [0.15, 0.2) is 138 Å². The third-order valence-corrected chi connectivity index (χ3v) is 6.14. The Kier molecular flexibility index (Phi) is 14.3. The number of nitrogens with one attached hydrogen (secondary N) is 2. The van der Waals surface area contributed by atoms with Gasteiger partial charge in [0.05, 0.1) is 18.3 Å². The van der Waals surface area contributed by atoms with Crippen LogP contribution in [-0.4, -0.2) is 63.0 Å². The first-order valence-corrected chi connectivity index (χ1v) is 13.6. The Balaban J connectivity index is 2.12. The van der Waals surface area contributed by atoms with Crippen LogP contribution in [0.5, 0.6) is 0 Å². The molecule has 1 aromatic carbocycles. The molecule has 8 heteroatoms. The second-order valence-electron chi connectivity index (χ2n) is 9.67. The zero-order chi connectivity index (χ0) is 30.9. The van der Waals surface area contributed by atoms with Gasteiger partial charge in [-0.2, -0.15) is 0 Å². The molecule has 222 valence electrons. The number of aliphatic hydroxyl groups excluding tert-OH is 1. The number of allylic oxidation sites excluding steroid dienone is 8. The molecule has 42 heavy (non-hydrogen) atoms. The first kappa shape index (κ1) is 33.5. The molecule has 8 nitrogen and oxygen atoms in total. The Morgan fingerprint density at radius 2 is 1.86 bits per heavy atom. The standard InChI is InChI=1S/C34H43N5O3/c1-8-25-42-37-33(26(9-2)13-12-24-35-34(41)28-18-22-31(23-19-28)39(6)7)27-16-20-29(21-17-27)36-32(40)15-11-14-30(10-3)38(4)5/h8-20,22-24,29,34,37,41H,1-3,21,25H2,4-7H3,(H,36,40)/b13-12?,15-11+,30-14+,33-26?,35-24?. The molecule has 2 rings (SSSR count). The van der Waals surface area contributed by atoms with E-state index < -0.39 is 6.23 Å². The van der Waals surface area contributed by atoms with Crippen LogP contribution in [0, 0.1) is 0 Å². The van der Waals surface area contributed by atoms with Gasteiger partial charge in [0.25, 0.3) is 0 Å². The van der Waals surface area contributed by atoms with Crippen LogP contribution in [0.4, 0.5) is 5.69 Å². The van der Waals surface area contributed by atoms with Gasteiger partial charge < -0.3 is 20.2 Å². The molecule has 1 amide bonds. The largest absolute Gasteiger partial charge is 0.378 e. The molecule has 1 aliphatic carbocycles. The van der Waals surface area contributed by atoms with Gasteiger partial charge in [0.1, 0.15) is 0 Å². The van der Waals surface area contributed by atoms with E-state index in [1.807, 2.05) is 92.6 Å². The van der Waals surface area contributed by atoms with Crippen molar-refractivity contribution < 1.29 is 14.7 Å². The van der Waals surface area contributed by atoms with Gasteiger partial charge in [-0.15, -0.1) is 6.58 Å². The van der Waals surface area contributed by atoms with Crippen molar-refractivity contribution in [2.45, 2.75) is 18.7 Å². The molecule has 0 aromatic heterocycles. The maximum atomic E-state index is 12.4. The van der Waals surface area contributed by atoms with E-state index >= 15 is 0 Å². The molecule has 2 unspecified atom stereocenters. The van der Waals surface area contributed by atoms with E-state index in [0.717, 1.165) is 22.5 Å². The molecular formula is C34H43N5O3. The average Bonchev–Trinajstić information content (AvgIpc) is 2.98. The third-order valence-electron chi connectivity index (χ3n) is 6.14. The lowest BCUT2D eigenvalue weighted by molar-refractivity contribution is -0.116. The summed E-state index contributed by atoms with van der Waals surface area (Å²) < 4.78 is 0. The van der Waals surface area contributed by atoms with Gasteiger partial charge in [-0.3, -0.25) is 20.1 Å². The first-order chi connectivity index (χ1) is 20.2. The zero-order valence-corrected chi connectivity index (χ0v) is 25.0. The number of aliphatic imine (C=N–C) groups is 1. The van der Waals surface area contributed by atoms with Gasteiger partial charge in [-0.1, -0.05) is 67.8 Å². The second-order valence-corrected chi connectivity index (χ2v) is 9.67. The molecule has 0 saturated heterocycles. The molecule has 1 aromatic rings. The fourth-order valence-electron chi connectivity index (χ4n) is 3.80. The predicted molar refractivity (Wildman–Crippen MR) is 175 cm³/mol. The Labute approximate surface area is 250 Å². The quantitative estimate of drug-likeness (QED) is 0.0643. The number of hydroxylamine groups is 1. The number of benzene rings is 1. The molecule has 0 heterocycles. The van der Waals surface area contributed by atoms with Gasteiger partial charge in [-0.05, 0) is 47.9 Å². The lowest BCUT2D eigenvalue weighted by Gasteiger charge is -2.20. The highest BCUT2D eigenvalue weighted by Gasteiger charge is 2.14. The summed E-state index contributed by atoms with van der Waals surface area (Å²) in [7, 11) is 7.75. The number of nitrogens with zero attached hydrogens (tertiary/aromatic N) is 3. The summed E-state index contributed by atoms with van der Waals surface area (Å²) in [5.74, 6) is -0.187. The highest BCUT2D eigenvalue weighted by atomic mass is 16.6. The fourth-order valence-corrected chi connectivity index (χ4v) is 3.80. The fraction of sp³-hybridized carbons (Fsp3) is 0.235. The van der Waals surface area contributed by atoms with Gasteiger partial charge in [0, 0.05) is 57.4 Å². The van der Waals surface area contributed by atoms with Gasteiger partial charge in [0.2, 0.25) is 5.91 Å². The Morgan fingerprint density at radius 1 is 1.12 bits per heavy atom. The van der Waals surface area contributed by atoms with Crippen molar-refractivity contribution in [3.63, 3.8) is 0 Å². The van der Waals surface area contributed by atoms with Crippen LogP contribution in [0.1, 0.15) is 18.2 Å². The smallest absolute Gasteiger partial charge is 0.244 e. The van der Waals surface area contributed by atoms with Crippen LogP contribution in [0.2, 0.25) is 0 Å². The van der Waals surface area contributed by atoms with Gasteiger partial charge in [-0.25, -0.2) is 0 Å². The number of aliphatic hydroxyl groups is 1. The Morgan fingerprint density at radius 3 is 2.43 bits per heavy atom. The maximum absolute atomic E-state index is 12.4. The van der Waals surface area contributed by atoms with Crippen LogP contribution in [0.3, 0.4) is 0 Å². The van der Waals surface area contributed by atoms with E-state index in [4.69, 9.17) is 4.84 Å². The van der Waals surface area contributed by atoms with Crippen molar-refractivity contribution in [3.8, 4) is 0 Å². The predicted octanol–water partition coefficient (Wildman–Crippen LogP) is 5.08. The normalized spacial score (nSPS) is 16.6. The Hall–Kier alpha value is -4.66. The summed E-state index contributed by atoms with van der Waals surface area (Å²) in [6, 6.07) is 7.42. The van der Waals surface area contributed by atoms with Crippen molar-refractivity contribution in [2.24, 2.45) is 4.99 Å². The number of carbonyl (C=O) groups excluding carboxylic acids is 1. The summed E-state index contributed by atoms with van der Waals surface area (Å²) in [6.45, 7) is 11.7. The van der Waals surface area contributed by atoms with Gasteiger partial charge >= 0.3 is 0 Å². The van der Waals surface area contributed by atoms with E-state index in [1.54, 1.807) is 36.6 Å². The van der Waals surface area contributed by atoms with Crippen molar-refractivity contribution in [3.05, 3.63) is 139 Å². The number of hydrogen-bond acceptors (Lipinski definition) is 7. The topological polar surface area (TPSA) is 89.4 Å². The van der Waals surface area contributed by atoms with Crippen molar-refractivity contribution in [1.29, 1.82) is 0 Å². The van der Waals surface area contributed by atoms with Crippen LogP contribution in [-0.2, 0) is 9.63 Å². The van der Waals surface area contributed by atoms with Crippen molar-refractivity contribution in [1.82, 2.24) is 15.7 Å². The Bertz CT molecular complexity index is 1290. The van der Waals surface area contributed by atoms with Gasteiger partial charge in [0.15, 0.2) is 6.23 Å². The lowest BCUT2D eigenvalue weighted by Crippen LogP contribution is -2.33. The molecule has 0 aliphatic heterocycles.